The lowest BCUT2D eigenvalue weighted by Crippen LogP contribution is -2.36. The van der Waals surface area contributed by atoms with Crippen molar-refractivity contribution in [2.75, 3.05) is 26.8 Å². The number of rotatable bonds is 7. The summed E-state index contributed by atoms with van der Waals surface area (Å²) >= 11 is 0. The number of nitrogens with zero attached hydrogens (tertiary/aromatic N) is 1. The predicted octanol–water partition coefficient (Wildman–Crippen LogP) is 2.10. The van der Waals surface area contributed by atoms with Crippen molar-refractivity contribution < 1.29 is 23.4 Å². The number of aryl methyl sites for hydroxylation is 1. The molecule has 1 rings (SSSR count). The molecule has 0 atom stereocenters. The van der Waals surface area contributed by atoms with Crippen LogP contribution >= 0.6 is 0 Å². The van der Waals surface area contributed by atoms with E-state index in [1.54, 1.807) is 6.07 Å². The number of aliphatic hydroxyl groups is 1. The van der Waals surface area contributed by atoms with E-state index >= 15 is 0 Å². The van der Waals surface area contributed by atoms with Gasteiger partial charge in [-0.1, -0.05) is 11.6 Å². The Kier molecular flexibility index (Phi) is 6.81. The first-order valence-corrected chi connectivity index (χ1v) is 6.48. The Balaban J connectivity index is 2.86. The van der Waals surface area contributed by atoms with Crippen molar-refractivity contribution >= 4 is 12.0 Å². The van der Waals surface area contributed by atoms with Gasteiger partial charge in [-0.2, -0.15) is 0 Å². The fourth-order valence-electron chi connectivity index (χ4n) is 1.83. The molecule has 0 aliphatic heterocycles. The first kappa shape index (κ1) is 17.1. The van der Waals surface area contributed by atoms with Gasteiger partial charge >= 0.3 is 0 Å². The first-order chi connectivity index (χ1) is 9.97. The van der Waals surface area contributed by atoms with E-state index in [2.05, 4.69) is 0 Å². The Labute approximate surface area is 122 Å². The Bertz CT molecular complexity index is 504. The molecule has 0 heterocycles. The average Bonchev–Trinajstić information content (AvgIpc) is 2.44. The third kappa shape index (κ3) is 5.51. The van der Waals surface area contributed by atoms with Crippen LogP contribution in [0.4, 0.5) is 8.78 Å². The van der Waals surface area contributed by atoms with Crippen LogP contribution in [-0.4, -0.2) is 49.1 Å². The second-order valence-corrected chi connectivity index (χ2v) is 4.48. The molecule has 21 heavy (non-hydrogen) atoms. The van der Waals surface area contributed by atoms with Crippen molar-refractivity contribution in [2.45, 2.75) is 13.3 Å². The van der Waals surface area contributed by atoms with Crippen LogP contribution in [0.1, 0.15) is 11.1 Å². The average molecular weight is 299 g/mol. The number of halogens is 2. The van der Waals surface area contributed by atoms with Gasteiger partial charge < -0.3 is 14.7 Å². The Morgan fingerprint density at radius 2 is 2.19 bits per heavy atom. The van der Waals surface area contributed by atoms with Crippen molar-refractivity contribution in [3.8, 4) is 5.75 Å². The summed E-state index contributed by atoms with van der Waals surface area (Å²) in [5.41, 5.74) is 1.68. The van der Waals surface area contributed by atoms with Crippen LogP contribution in [0.15, 0.2) is 24.3 Å². The molecule has 6 heteroatoms. The zero-order valence-corrected chi connectivity index (χ0v) is 12.1. The maximum absolute atomic E-state index is 12.4. The van der Waals surface area contributed by atoms with Gasteiger partial charge in [-0.25, -0.2) is 8.78 Å². The Morgan fingerprint density at radius 1 is 1.48 bits per heavy atom. The number of aliphatic hydroxyl groups excluding tert-OH is 1. The van der Waals surface area contributed by atoms with E-state index in [1.807, 2.05) is 19.1 Å². The number of methoxy groups -OCH3 is 1. The van der Waals surface area contributed by atoms with E-state index in [4.69, 9.17) is 9.84 Å². The lowest BCUT2D eigenvalue weighted by molar-refractivity contribution is -0.128. The predicted molar refractivity (Wildman–Crippen MR) is 76.4 cm³/mol. The van der Waals surface area contributed by atoms with Gasteiger partial charge in [-0.05, 0) is 25.1 Å². The van der Waals surface area contributed by atoms with Gasteiger partial charge in [-0.3, -0.25) is 4.79 Å². The molecule has 0 bridgehead atoms. The number of alkyl halides is 2. The number of carbonyl (C=O) groups is 1. The molecule has 1 N–H and O–H groups in total. The number of amides is 1. The summed E-state index contributed by atoms with van der Waals surface area (Å²) in [4.78, 5) is 12.8. The summed E-state index contributed by atoms with van der Waals surface area (Å²) in [6, 6.07) is 5.46. The molecule has 0 aromatic heterocycles. The fraction of sp³-hybridized carbons (Fsp3) is 0.400. The minimum absolute atomic E-state index is 0.127. The first-order valence-electron chi connectivity index (χ1n) is 6.48. The van der Waals surface area contributed by atoms with E-state index in [-0.39, 0.29) is 13.2 Å². The smallest absolute Gasteiger partial charge is 0.255 e. The minimum Gasteiger partial charge on any atom is -0.496 e. The second kappa shape index (κ2) is 8.36. The molecular formula is C15H19F2NO3. The Hall–Kier alpha value is -1.95. The molecule has 0 saturated heterocycles. The van der Waals surface area contributed by atoms with E-state index in [9.17, 15) is 13.6 Å². The number of ether oxygens (including phenoxy) is 1. The highest BCUT2D eigenvalue weighted by molar-refractivity contribution is 5.92. The van der Waals surface area contributed by atoms with Gasteiger partial charge in [0, 0.05) is 18.2 Å². The lowest BCUT2D eigenvalue weighted by Gasteiger charge is -2.19. The molecule has 1 aromatic rings. The zero-order valence-electron chi connectivity index (χ0n) is 12.1. The van der Waals surface area contributed by atoms with E-state index < -0.39 is 18.9 Å². The van der Waals surface area contributed by atoms with Crippen molar-refractivity contribution in [3.63, 3.8) is 0 Å². The normalized spacial score (nSPS) is 11.1. The number of carbonyl (C=O) groups excluding carboxylic acids is 1. The van der Waals surface area contributed by atoms with E-state index in [1.165, 1.54) is 19.3 Å². The van der Waals surface area contributed by atoms with Crippen molar-refractivity contribution in [1.29, 1.82) is 0 Å². The van der Waals surface area contributed by atoms with Crippen LogP contribution in [0.2, 0.25) is 0 Å². The van der Waals surface area contributed by atoms with E-state index in [0.717, 1.165) is 10.5 Å². The highest BCUT2D eigenvalue weighted by atomic mass is 19.3. The van der Waals surface area contributed by atoms with Gasteiger partial charge in [0.25, 0.3) is 6.43 Å². The molecule has 116 valence electrons. The lowest BCUT2D eigenvalue weighted by atomic mass is 10.1. The third-order valence-corrected chi connectivity index (χ3v) is 2.83. The van der Waals surface area contributed by atoms with Crippen molar-refractivity contribution in [1.82, 2.24) is 4.90 Å². The highest BCUT2D eigenvalue weighted by Crippen LogP contribution is 2.21. The van der Waals surface area contributed by atoms with E-state index in [0.29, 0.717) is 11.3 Å². The molecule has 0 radical (unpaired) electrons. The molecule has 0 unspecified atom stereocenters. The fourth-order valence-corrected chi connectivity index (χ4v) is 1.83. The SMILES string of the molecule is COc1ccc(C)cc1/C=C/C(=O)N(CCO)CC(F)F. The van der Waals surface area contributed by atoms with Crippen molar-refractivity contribution in [3.05, 3.63) is 35.4 Å². The standard InChI is InChI=1S/C15H19F2NO3/c1-11-3-5-13(21-2)12(9-11)4-6-15(20)18(7-8-19)10-14(16)17/h3-6,9,14,19H,7-8,10H2,1-2H3/b6-4+. The number of benzene rings is 1. The Morgan fingerprint density at radius 3 is 2.76 bits per heavy atom. The zero-order chi connectivity index (χ0) is 15.8. The van der Waals surface area contributed by atoms with Crippen LogP contribution in [0.5, 0.6) is 5.75 Å². The summed E-state index contributed by atoms with van der Waals surface area (Å²) in [7, 11) is 1.51. The largest absolute Gasteiger partial charge is 0.496 e. The van der Waals surface area contributed by atoms with Gasteiger partial charge in [0.2, 0.25) is 5.91 Å². The van der Waals surface area contributed by atoms with Crippen LogP contribution in [-0.2, 0) is 4.79 Å². The summed E-state index contributed by atoms with van der Waals surface area (Å²) < 4.78 is 29.9. The maximum atomic E-state index is 12.4. The molecule has 0 aliphatic carbocycles. The van der Waals surface area contributed by atoms with Gasteiger partial charge in [0.15, 0.2) is 0 Å². The molecule has 0 saturated carbocycles. The maximum Gasteiger partial charge on any atom is 0.255 e. The number of hydrogen-bond acceptors (Lipinski definition) is 3. The van der Waals surface area contributed by atoms with Gasteiger partial charge in [0.1, 0.15) is 5.75 Å². The monoisotopic (exact) mass is 299 g/mol. The van der Waals surface area contributed by atoms with Crippen LogP contribution in [0.25, 0.3) is 6.08 Å². The summed E-state index contributed by atoms with van der Waals surface area (Å²) in [6.45, 7) is 0.709. The molecule has 0 spiro atoms. The van der Waals surface area contributed by atoms with Gasteiger partial charge in [-0.15, -0.1) is 0 Å². The topological polar surface area (TPSA) is 49.8 Å². The molecule has 0 aliphatic rings. The highest BCUT2D eigenvalue weighted by Gasteiger charge is 2.15. The van der Waals surface area contributed by atoms with Crippen molar-refractivity contribution in [2.24, 2.45) is 0 Å². The third-order valence-electron chi connectivity index (χ3n) is 2.83. The second-order valence-electron chi connectivity index (χ2n) is 4.48. The summed E-state index contributed by atoms with van der Waals surface area (Å²) in [6.07, 6.45) is 0.0849. The van der Waals surface area contributed by atoms with Crippen LogP contribution < -0.4 is 4.74 Å². The quantitative estimate of drug-likeness (QED) is 0.785. The van der Waals surface area contributed by atoms with Gasteiger partial charge in [0.05, 0.1) is 20.3 Å². The molecule has 1 aromatic carbocycles. The molecule has 4 nitrogen and oxygen atoms in total. The summed E-state index contributed by atoms with van der Waals surface area (Å²) in [5, 5.41) is 8.82. The minimum atomic E-state index is -2.64. The molecule has 0 fully saturated rings. The summed E-state index contributed by atoms with van der Waals surface area (Å²) in [5.74, 6) is 0.0140. The van der Waals surface area contributed by atoms with Crippen LogP contribution in [0.3, 0.4) is 0 Å². The number of hydrogen-bond donors (Lipinski definition) is 1. The molecular weight excluding hydrogens is 280 g/mol. The molecule has 1 amide bonds. The van der Waals surface area contributed by atoms with Crippen LogP contribution in [0, 0.1) is 6.92 Å².